The fourth-order valence-corrected chi connectivity index (χ4v) is 3.53. The Morgan fingerprint density at radius 1 is 1.21 bits per heavy atom. The van der Waals surface area contributed by atoms with E-state index in [1.54, 1.807) is 12.1 Å². The number of rotatable bonds is 4. The van der Waals surface area contributed by atoms with Crippen molar-refractivity contribution in [2.45, 2.75) is 6.04 Å². The Morgan fingerprint density at radius 2 is 2.04 bits per heavy atom. The lowest BCUT2D eigenvalue weighted by Gasteiger charge is -2.28. The third-order valence-corrected chi connectivity index (χ3v) is 5.13. The van der Waals surface area contributed by atoms with Gasteiger partial charge in [0.25, 0.3) is 5.91 Å². The molecule has 2 heterocycles. The highest BCUT2D eigenvalue weighted by Gasteiger charge is 2.25. The summed E-state index contributed by atoms with van der Waals surface area (Å²) in [6.45, 7) is 0.995. The van der Waals surface area contributed by atoms with Gasteiger partial charge in [0.15, 0.2) is 5.76 Å². The van der Waals surface area contributed by atoms with Crippen molar-refractivity contribution in [3.8, 4) is 0 Å². The van der Waals surface area contributed by atoms with Crippen LogP contribution < -0.4 is 10.2 Å². The molecule has 1 atom stereocenters. The molecule has 0 bridgehead atoms. The number of hydrogen-bond donors (Lipinski definition) is 1. The maximum absolute atomic E-state index is 12.2. The molecule has 2 aromatic carbocycles. The molecule has 142 valence electrons. The number of fused-ring (bicyclic) bond motifs is 1. The predicted octanol–water partition coefficient (Wildman–Crippen LogP) is 4.02. The molecule has 5 nitrogen and oxygen atoms in total. The van der Waals surface area contributed by atoms with Crippen LogP contribution in [0.5, 0.6) is 0 Å². The van der Waals surface area contributed by atoms with Gasteiger partial charge in [0.05, 0.1) is 24.6 Å². The topological polar surface area (TPSA) is 57.8 Å². The Bertz CT molecular complexity index is 1000. The van der Waals surface area contributed by atoms with Gasteiger partial charge in [-0.3, -0.25) is 9.79 Å². The standard InChI is InChI=1S/C22H20ClN3O2/c1-26-17(14-25-22(27)20-8-5-11-28-20)13-24-21(15-6-3-2-4-7-15)18-12-16(23)9-10-19(18)26/h2-12,17H,13-14H2,1H3,(H,25,27). The number of benzodiazepines with no additional fused rings is 1. The summed E-state index contributed by atoms with van der Waals surface area (Å²) in [6, 6.07) is 19.2. The van der Waals surface area contributed by atoms with Crippen molar-refractivity contribution in [1.29, 1.82) is 0 Å². The van der Waals surface area contributed by atoms with Gasteiger partial charge < -0.3 is 14.6 Å². The smallest absolute Gasteiger partial charge is 0.287 e. The fourth-order valence-electron chi connectivity index (χ4n) is 3.36. The number of anilines is 1. The number of benzene rings is 2. The molecule has 1 aliphatic rings. The monoisotopic (exact) mass is 393 g/mol. The van der Waals surface area contributed by atoms with Crippen LogP contribution in [0.25, 0.3) is 0 Å². The quantitative estimate of drug-likeness (QED) is 0.728. The normalized spacial score (nSPS) is 16.1. The lowest BCUT2D eigenvalue weighted by atomic mass is 10.0. The Morgan fingerprint density at radius 3 is 2.79 bits per heavy atom. The molecule has 0 saturated heterocycles. The van der Waals surface area contributed by atoms with E-state index in [0.29, 0.717) is 23.9 Å². The van der Waals surface area contributed by atoms with Gasteiger partial charge in [0.2, 0.25) is 0 Å². The van der Waals surface area contributed by atoms with E-state index >= 15 is 0 Å². The third kappa shape index (κ3) is 3.66. The molecule has 0 saturated carbocycles. The molecule has 0 radical (unpaired) electrons. The van der Waals surface area contributed by atoms with E-state index in [4.69, 9.17) is 21.0 Å². The summed E-state index contributed by atoms with van der Waals surface area (Å²) < 4.78 is 5.16. The predicted molar refractivity (Wildman–Crippen MR) is 112 cm³/mol. The van der Waals surface area contributed by atoms with Gasteiger partial charge in [-0.1, -0.05) is 41.9 Å². The van der Waals surface area contributed by atoms with Crippen molar-refractivity contribution in [2.24, 2.45) is 4.99 Å². The first-order chi connectivity index (χ1) is 13.6. The molecule has 0 aliphatic carbocycles. The van der Waals surface area contributed by atoms with Crippen molar-refractivity contribution in [2.75, 3.05) is 25.0 Å². The SMILES string of the molecule is CN1c2ccc(Cl)cc2C(c2ccccc2)=NCC1CNC(=O)c1ccco1. The first-order valence-corrected chi connectivity index (χ1v) is 9.45. The zero-order valence-corrected chi connectivity index (χ0v) is 16.2. The van der Waals surface area contributed by atoms with Crippen molar-refractivity contribution < 1.29 is 9.21 Å². The van der Waals surface area contributed by atoms with Gasteiger partial charge in [-0.05, 0) is 30.3 Å². The van der Waals surface area contributed by atoms with Gasteiger partial charge in [-0.25, -0.2) is 0 Å². The number of halogens is 1. The van der Waals surface area contributed by atoms with Crippen LogP contribution in [-0.4, -0.2) is 37.8 Å². The Labute approximate surface area is 168 Å². The van der Waals surface area contributed by atoms with E-state index in [0.717, 1.165) is 22.5 Å². The minimum absolute atomic E-state index is 0.0000463. The first-order valence-electron chi connectivity index (χ1n) is 9.08. The van der Waals surface area contributed by atoms with Crippen LogP contribution in [0, 0.1) is 0 Å². The average Bonchev–Trinajstić information content (AvgIpc) is 3.21. The van der Waals surface area contributed by atoms with E-state index in [2.05, 4.69) is 10.2 Å². The molecule has 1 aliphatic heterocycles. The molecule has 0 fully saturated rings. The highest BCUT2D eigenvalue weighted by Crippen LogP contribution is 2.30. The molecule has 1 amide bonds. The number of furan rings is 1. The number of nitrogens with zero attached hydrogens (tertiary/aromatic N) is 2. The number of carbonyl (C=O) groups is 1. The minimum atomic E-state index is -0.230. The highest BCUT2D eigenvalue weighted by molar-refractivity contribution is 6.31. The third-order valence-electron chi connectivity index (χ3n) is 4.89. The second-order valence-corrected chi connectivity index (χ2v) is 7.11. The molecular formula is C22H20ClN3O2. The summed E-state index contributed by atoms with van der Waals surface area (Å²) in [7, 11) is 2.01. The van der Waals surface area contributed by atoms with Gasteiger partial charge >= 0.3 is 0 Å². The maximum atomic E-state index is 12.2. The van der Waals surface area contributed by atoms with Crippen LogP contribution in [0.2, 0.25) is 5.02 Å². The summed E-state index contributed by atoms with van der Waals surface area (Å²) in [5, 5.41) is 3.61. The molecule has 3 aromatic rings. The lowest BCUT2D eigenvalue weighted by Crippen LogP contribution is -2.43. The van der Waals surface area contributed by atoms with Crippen LogP contribution in [0.15, 0.2) is 76.3 Å². The highest BCUT2D eigenvalue weighted by atomic mass is 35.5. The number of amides is 1. The van der Waals surface area contributed by atoms with E-state index in [1.807, 2.05) is 55.6 Å². The summed E-state index contributed by atoms with van der Waals surface area (Å²) in [6.07, 6.45) is 1.49. The van der Waals surface area contributed by atoms with Gasteiger partial charge in [0, 0.05) is 35.4 Å². The van der Waals surface area contributed by atoms with E-state index in [1.165, 1.54) is 6.26 Å². The number of carbonyl (C=O) groups excluding carboxylic acids is 1. The largest absolute Gasteiger partial charge is 0.459 e. The molecule has 0 spiro atoms. The number of hydrogen-bond acceptors (Lipinski definition) is 4. The summed E-state index contributed by atoms with van der Waals surface area (Å²) in [4.78, 5) is 19.3. The molecule has 6 heteroatoms. The van der Waals surface area contributed by atoms with Crippen molar-refractivity contribution in [3.63, 3.8) is 0 Å². The van der Waals surface area contributed by atoms with E-state index in [-0.39, 0.29) is 11.9 Å². The van der Waals surface area contributed by atoms with Crippen molar-refractivity contribution in [3.05, 3.63) is 88.8 Å². The molecule has 28 heavy (non-hydrogen) atoms. The van der Waals surface area contributed by atoms with Crippen LogP contribution in [0.4, 0.5) is 5.69 Å². The van der Waals surface area contributed by atoms with E-state index < -0.39 is 0 Å². The minimum Gasteiger partial charge on any atom is -0.459 e. The van der Waals surface area contributed by atoms with Crippen LogP contribution in [0.1, 0.15) is 21.7 Å². The Hall–Kier alpha value is -3.05. The summed E-state index contributed by atoms with van der Waals surface area (Å²) in [5.41, 5.74) is 3.97. The van der Waals surface area contributed by atoms with Gasteiger partial charge in [0.1, 0.15) is 0 Å². The first kappa shape index (κ1) is 18.3. The number of likely N-dealkylation sites (N-methyl/N-ethyl adjacent to an activating group) is 1. The Kier molecular flexibility index (Phi) is 5.17. The molecular weight excluding hydrogens is 374 g/mol. The Balaban J connectivity index is 1.64. The molecule has 4 rings (SSSR count). The number of aliphatic imine (C=N–C) groups is 1. The fraction of sp³-hybridized carbons (Fsp3) is 0.182. The zero-order chi connectivity index (χ0) is 19.5. The number of nitrogens with one attached hydrogen (secondary N) is 1. The average molecular weight is 394 g/mol. The zero-order valence-electron chi connectivity index (χ0n) is 15.4. The van der Waals surface area contributed by atoms with Gasteiger partial charge in [-0.15, -0.1) is 0 Å². The molecule has 1 aromatic heterocycles. The van der Waals surface area contributed by atoms with E-state index in [9.17, 15) is 4.79 Å². The summed E-state index contributed by atoms with van der Waals surface area (Å²) in [5.74, 6) is 0.0724. The van der Waals surface area contributed by atoms with Crippen LogP contribution >= 0.6 is 11.6 Å². The second-order valence-electron chi connectivity index (χ2n) is 6.67. The second kappa shape index (κ2) is 7.90. The van der Waals surface area contributed by atoms with Crippen LogP contribution in [0.3, 0.4) is 0 Å². The molecule has 1 unspecified atom stereocenters. The summed E-state index contributed by atoms with van der Waals surface area (Å²) >= 11 is 6.29. The van der Waals surface area contributed by atoms with Crippen molar-refractivity contribution in [1.82, 2.24) is 5.32 Å². The lowest BCUT2D eigenvalue weighted by molar-refractivity contribution is 0.0923. The molecule has 1 N–H and O–H groups in total. The van der Waals surface area contributed by atoms with Crippen LogP contribution in [-0.2, 0) is 0 Å². The maximum Gasteiger partial charge on any atom is 0.287 e. The van der Waals surface area contributed by atoms with Gasteiger partial charge in [-0.2, -0.15) is 0 Å². The van der Waals surface area contributed by atoms with Crippen molar-refractivity contribution >= 4 is 28.9 Å².